The van der Waals surface area contributed by atoms with Gasteiger partial charge in [-0.1, -0.05) is 18.2 Å². The summed E-state index contributed by atoms with van der Waals surface area (Å²) in [5, 5.41) is 24.5. The number of nitro benzene ring substituents is 1. The molecule has 2 rings (SSSR count). The van der Waals surface area contributed by atoms with Crippen LogP contribution in [0, 0.1) is 10.1 Å². The number of para-hydroxylation sites is 1. The number of phenolic OH excluding ortho intramolecular Hbond substituents is 1. The van der Waals surface area contributed by atoms with E-state index in [9.17, 15) is 15.2 Å². The van der Waals surface area contributed by atoms with Gasteiger partial charge in [0.2, 0.25) is 0 Å². The summed E-state index contributed by atoms with van der Waals surface area (Å²) < 4.78 is 0. The van der Waals surface area contributed by atoms with Gasteiger partial charge in [0.25, 0.3) is 5.69 Å². The van der Waals surface area contributed by atoms with Crippen molar-refractivity contribution in [3.63, 3.8) is 0 Å². The van der Waals surface area contributed by atoms with Crippen LogP contribution in [0.5, 0.6) is 5.75 Å². The molecule has 0 bridgehead atoms. The third kappa shape index (κ3) is 3.11. The molecule has 0 saturated carbocycles. The molecule has 0 fully saturated rings. The highest BCUT2D eigenvalue weighted by molar-refractivity contribution is 6.01. The Morgan fingerprint density at radius 3 is 2.70 bits per heavy atom. The zero-order chi connectivity index (χ0) is 14.5. The Morgan fingerprint density at radius 2 is 2.00 bits per heavy atom. The Labute approximate surface area is 115 Å². The van der Waals surface area contributed by atoms with Gasteiger partial charge in [0.15, 0.2) is 0 Å². The zero-order valence-corrected chi connectivity index (χ0v) is 10.8. The number of hydrogen-bond donors (Lipinski definition) is 2. The van der Waals surface area contributed by atoms with Gasteiger partial charge in [0, 0.05) is 17.7 Å². The predicted octanol–water partition coefficient (Wildman–Crippen LogP) is 3.14. The van der Waals surface area contributed by atoms with Crippen LogP contribution in [0.4, 0.5) is 11.4 Å². The number of anilines is 1. The Morgan fingerprint density at radius 1 is 1.25 bits per heavy atom. The highest BCUT2D eigenvalue weighted by atomic mass is 16.6. The predicted molar refractivity (Wildman–Crippen MR) is 77.0 cm³/mol. The Balaban J connectivity index is 2.19. The summed E-state index contributed by atoms with van der Waals surface area (Å²) in [6.45, 7) is 1.74. The van der Waals surface area contributed by atoms with Crippen molar-refractivity contribution in [1.82, 2.24) is 0 Å². The molecule has 0 radical (unpaired) electrons. The Bertz CT molecular complexity index is 668. The van der Waals surface area contributed by atoms with Crippen LogP contribution in [0.25, 0.3) is 0 Å². The van der Waals surface area contributed by atoms with Crippen LogP contribution in [0.2, 0.25) is 0 Å². The summed E-state index contributed by atoms with van der Waals surface area (Å²) in [4.78, 5) is 10.2. The van der Waals surface area contributed by atoms with Gasteiger partial charge in [-0.05, 0) is 25.1 Å². The monoisotopic (exact) mass is 271 g/mol. The van der Waals surface area contributed by atoms with Gasteiger partial charge in [0.05, 0.1) is 16.3 Å². The van der Waals surface area contributed by atoms with Crippen molar-refractivity contribution < 1.29 is 10.0 Å². The molecule has 0 aromatic heterocycles. The van der Waals surface area contributed by atoms with Gasteiger partial charge in [-0.2, -0.15) is 5.10 Å². The van der Waals surface area contributed by atoms with Crippen LogP contribution >= 0.6 is 0 Å². The lowest BCUT2D eigenvalue weighted by atomic mass is 10.1. The highest BCUT2D eigenvalue weighted by Crippen LogP contribution is 2.19. The molecule has 0 aliphatic carbocycles. The van der Waals surface area contributed by atoms with Crippen LogP contribution in [0.1, 0.15) is 12.5 Å². The first kappa shape index (κ1) is 13.5. The first-order valence-corrected chi connectivity index (χ1v) is 5.91. The van der Waals surface area contributed by atoms with Crippen LogP contribution in [-0.2, 0) is 0 Å². The second kappa shape index (κ2) is 5.83. The van der Waals surface area contributed by atoms with Crippen molar-refractivity contribution in [2.75, 3.05) is 5.43 Å². The quantitative estimate of drug-likeness (QED) is 0.508. The summed E-state index contributed by atoms with van der Waals surface area (Å²) in [5.74, 6) is 0.134. The average molecular weight is 271 g/mol. The Hall–Kier alpha value is -2.89. The van der Waals surface area contributed by atoms with E-state index in [-0.39, 0.29) is 11.4 Å². The summed E-state index contributed by atoms with van der Waals surface area (Å²) in [6, 6.07) is 12.9. The van der Waals surface area contributed by atoms with Crippen molar-refractivity contribution in [1.29, 1.82) is 0 Å². The van der Waals surface area contributed by atoms with E-state index < -0.39 is 4.92 Å². The maximum atomic E-state index is 10.7. The van der Waals surface area contributed by atoms with Gasteiger partial charge in [-0.3, -0.25) is 15.5 Å². The molecule has 102 valence electrons. The lowest BCUT2D eigenvalue weighted by Crippen LogP contribution is -2.00. The molecule has 0 unspecified atom stereocenters. The number of phenols is 1. The van der Waals surface area contributed by atoms with Gasteiger partial charge in [-0.15, -0.1) is 0 Å². The van der Waals surface area contributed by atoms with Gasteiger partial charge >= 0.3 is 0 Å². The molecule has 0 heterocycles. The molecule has 0 saturated heterocycles. The fourth-order valence-corrected chi connectivity index (χ4v) is 1.68. The van der Waals surface area contributed by atoms with Crippen LogP contribution in [0.3, 0.4) is 0 Å². The average Bonchev–Trinajstić information content (AvgIpc) is 2.45. The smallest absolute Gasteiger partial charge is 0.271 e. The number of rotatable bonds is 4. The lowest BCUT2D eigenvalue weighted by Gasteiger charge is -2.05. The summed E-state index contributed by atoms with van der Waals surface area (Å²) in [6.07, 6.45) is 0. The van der Waals surface area contributed by atoms with E-state index in [1.54, 1.807) is 43.3 Å². The fraction of sp³-hybridized carbons (Fsp3) is 0.0714. The molecular formula is C14H13N3O3. The molecular weight excluding hydrogens is 258 g/mol. The maximum absolute atomic E-state index is 10.7. The number of benzene rings is 2. The third-order valence-electron chi connectivity index (χ3n) is 2.70. The topological polar surface area (TPSA) is 87.8 Å². The summed E-state index contributed by atoms with van der Waals surface area (Å²) in [5.41, 5.74) is 4.42. The van der Waals surface area contributed by atoms with Crippen LogP contribution in [-0.4, -0.2) is 15.7 Å². The normalized spacial score (nSPS) is 11.2. The molecule has 2 aromatic rings. The molecule has 2 aromatic carbocycles. The zero-order valence-electron chi connectivity index (χ0n) is 10.8. The standard InChI is InChI=1S/C14H13N3O3/c1-10(13-7-2-3-8-14(13)18)15-16-11-5-4-6-12(9-11)17(19)20/h2-9,16,18H,1H3. The summed E-state index contributed by atoms with van der Waals surface area (Å²) in [7, 11) is 0. The van der Waals surface area contributed by atoms with Gasteiger partial charge in [0.1, 0.15) is 5.75 Å². The molecule has 20 heavy (non-hydrogen) atoms. The van der Waals surface area contributed by atoms with Crippen LogP contribution < -0.4 is 5.43 Å². The van der Waals surface area contributed by atoms with Crippen molar-refractivity contribution in [3.05, 3.63) is 64.2 Å². The number of hydrogen-bond acceptors (Lipinski definition) is 5. The van der Waals surface area contributed by atoms with E-state index in [2.05, 4.69) is 10.5 Å². The minimum Gasteiger partial charge on any atom is -0.507 e. The summed E-state index contributed by atoms with van der Waals surface area (Å²) >= 11 is 0. The number of nitrogens with one attached hydrogen (secondary N) is 1. The van der Waals surface area contributed by atoms with E-state index in [0.29, 0.717) is 17.0 Å². The van der Waals surface area contributed by atoms with Crippen molar-refractivity contribution in [2.24, 2.45) is 5.10 Å². The van der Waals surface area contributed by atoms with Gasteiger partial charge in [-0.25, -0.2) is 0 Å². The molecule has 0 aliphatic heterocycles. The van der Waals surface area contributed by atoms with E-state index in [1.165, 1.54) is 12.1 Å². The van der Waals surface area contributed by atoms with Crippen LogP contribution in [0.15, 0.2) is 53.6 Å². The first-order chi connectivity index (χ1) is 9.58. The van der Waals surface area contributed by atoms with E-state index in [4.69, 9.17) is 0 Å². The SMILES string of the molecule is CC(=NNc1cccc([N+](=O)[O-])c1)c1ccccc1O. The first-order valence-electron chi connectivity index (χ1n) is 5.91. The molecule has 0 atom stereocenters. The van der Waals surface area contributed by atoms with Crippen molar-refractivity contribution in [2.45, 2.75) is 6.92 Å². The molecule has 6 nitrogen and oxygen atoms in total. The van der Waals surface area contributed by atoms with Crippen molar-refractivity contribution >= 4 is 17.1 Å². The maximum Gasteiger partial charge on any atom is 0.271 e. The fourth-order valence-electron chi connectivity index (χ4n) is 1.68. The lowest BCUT2D eigenvalue weighted by molar-refractivity contribution is -0.384. The molecule has 6 heteroatoms. The number of hydrazone groups is 1. The number of nitro groups is 1. The minimum absolute atomic E-state index is 0.00888. The second-order valence-corrected chi connectivity index (χ2v) is 4.13. The largest absolute Gasteiger partial charge is 0.507 e. The number of nitrogens with zero attached hydrogens (tertiary/aromatic N) is 2. The Kier molecular flexibility index (Phi) is 3.95. The second-order valence-electron chi connectivity index (χ2n) is 4.13. The van der Waals surface area contributed by atoms with E-state index in [1.807, 2.05) is 0 Å². The molecule has 0 spiro atoms. The highest BCUT2D eigenvalue weighted by Gasteiger charge is 2.06. The number of non-ortho nitro benzene ring substituents is 1. The molecule has 2 N–H and O–H groups in total. The molecule has 0 amide bonds. The third-order valence-corrected chi connectivity index (χ3v) is 2.70. The number of aromatic hydroxyl groups is 1. The van der Waals surface area contributed by atoms with E-state index >= 15 is 0 Å². The van der Waals surface area contributed by atoms with Gasteiger partial charge < -0.3 is 5.11 Å². The minimum atomic E-state index is -0.467. The van der Waals surface area contributed by atoms with Crippen molar-refractivity contribution in [3.8, 4) is 5.75 Å². The molecule has 0 aliphatic rings. The van der Waals surface area contributed by atoms with E-state index in [0.717, 1.165) is 0 Å².